The van der Waals surface area contributed by atoms with Crippen molar-refractivity contribution in [1.29, 1.82) is 0 Å². The fourth-order valence-corrected chi connectivity index (χ4v) is 4.12. The summed E-state index contributed by atoms with van der Waals surface area (Å²) < 4.78 is 40.7. The molecule has 108 valence electrons. The van der Waals surface area contributed by atoms with Crippen molar-refractivity contribution in [3.63, 3.8) is 0 Å². The Morgan fingerprint density at radius 2 is 1.80 bits per heavy atom. The van der Waals surface area contributed by atoms with E-state index in [1.807, 2.05) is 0 Å². The van der Waals surface area contributed by atoms with Crippen LogP contribution in [0.5, 0.6) is 0 Å². The molecule has 20 heavy (non-hydrogen) atoms. The molecule has 0 aliphatic carbocycles. The van der Waals surface area contributed by atoms with Gasteiger partial charge in [0.2, 0.25) is 0 Å². The highest BCUT2D eigenvalue weighted by Crippen LogP contribution is 2.44. The minimum absolute atomic E-state index is 0.00721. The van der Waals surface area contributed by atoms with Crippen LogP contribution in [0.25, 0.3) is 0 Å². The molecule has 1 aromatic carbocycles. The molecule has 0 saturated heterocycles. The fraction of sp³-hybridized carbons (Fsp3) is 0.167. The molecule has 0 fully saturated rings. The number of benzene rings is 1. The first-order valence-electron chi connectivity index (χ1n) is 5.15. The van der Waals surface area contributed by atoms with Crippen molar-refractivity contribution in [2.45, 2.75) is 11.6 Å². The third-order valence-electron chi connectivity index (χ3n) is 2.51. The summed E-state index contributed by atoms with van der Waals surface area (Å²) in [6.07, 6.45) is -4.47. The summed E-state index contributed by atoms with van der Waals surface area (Å²) in [5.41, 5.74) is -0.750. The monoisotopic (exact) mass is 466 g/mol. The SMILES string of the molecule is FC(F)(F)c1cc(Br)ccc1C(Cl)c1cc(Br)c(Cl)s1. The van der Waals surface area contributed by atoms with Crippen LogP contribution in [-0.2, 0) is 6.18 Å². The number of hydrogen-bond acceptors (Lipinski definition) is 1. The van der Waals surface area contributed by atoms with Gasteiger partial charge in [-0.25, -0.2) is 0 Å². The van der Waals surface area contributed by atoms with Gasteiger partial charge in [-0.1, -0.05) is 33.6 Å². The Bertz CT molecular complexity index is 621. The first-order chi connectivity index (χ1) is 9.20. The highest BCUT2D eigenvalue weighted by Gasteiger charge is 2.35. The van der Waals surface area contributed by atoms with Crippen LogP contribution in [0.1, 0.15) is 21.4 Å². The number of rotatable bonds is 2. The molecule has 0 bridgehead atoms. The van der Waals surface area contributed by atoms with E-state index in [-0.39, 0.29) is 5.56 Å². The average Bonchev–Trinajstić information content (AvgIpc) is 2.67. The number of thiophene rings is 1. The molecule has 2 rings (SSSR count). The Morgan fingerprint density at radius 3 is 2.30 bits per heavy atom. The molecular formula is C12H5Br2Cl2F3S. The zero-order valence-corrected chi connectivity index (χ0v) is 14.9. The zero-order chi connectivity index (χ0) is 15.1. The van der Waals surface area contributed by atoms with Crippen LogP contribution in [0, 0.1) is 0 Å². The summed E-state index contributed by atoms with van der Waals surface area (Å²) >= 11 is 19.5. The van der Waals surface area contributed by atoms with Gasteiger partial charge in [0, 0.05) is 13.8 Å². The summed E-state index contributed by atoms with van der Waals surface area (Å²) in [6.45, 7) is 0. The maximum absolute atomic E-state index is 13.1. The zero-order valence-electron chi connectivity index (χ0n) is 9.44. The van der Waals surface area contributed by atoms with Crippen LogP contribution >= 0.6 is 66.4 Å². The van der Waals surface area contributed by atoms with Gasteiger partial charge >= 0.3 is 6.18 Å². The van der Waals surface area contributed by atoms with Crippen molar-refractivity contribution in [1.82, 2.24) is 0 Å². The molecule has 0 N–H and O–H groups in total. The van der Waals surface area contributed by atoms with Gasteiger partial charge in [-0.15, -0.1) is 22.9 Å². The number of alkyl halides is 4. The van der Waals surface area contributed by atoms with E-state index in [0.717, 1.165) is 17.4 Å². The van der Waals surface area contributed by atoms with Crippen molar-refractivity contribution in [2.24, 2.45) is 0 Å². The average molecular weight is 469 g/mol. The molecular weight excluding hydrogens is 464 g/mol. The highest BCUT2D eigenvalue weighted by atomic mass is 79.9. The topological polar surface area (TPSA) is 0 Å². The lowest BCUT2D eigenvalue weighted by atomic mass is 10.0. The first kappa shape index (κ1) is 16.6. The maximum atomic E-state index is 13.1. The first-order valence-corrected chi connectivity index (χ1v) is 8.37. The minimum atomic E-state index is -4.47. The summed E-state index contributed by atoms with van der Waals surface area (Å²) in [6, 6.07) is 5.55. The summed E-state index contributed by atoms with van der Waals surface area (Å²) in [4.78, 5) is 0.552. The molecule has 1 atom stereocenters. The Morgan fingerprint density at radius 1 is 1.15 bits per heavy atom. The van der Waals surface area contributed by atoms with Crippen LogP contribution in [0.4, 0.5) is 13.2 Å². The third-order valence-corrected chi connectivity index (χ3v) is 6.14. The molecule has 0 nitrogen and oxygen atoms in total. The van der Waals surface area contributed by atoms with Crippen LogP contribution in [-0.4, -0.2) is 0 Å². The van der Waals surface area contributed by atoms with Gasteiger partial charge in [-0.3, -0.25) is 0 Å². The van der Waals surface area contributed by atoms with Gasteiger partial charge in [0.25, 0.3) is 0 Å². The molecule has 8 heteroatoms. The van der Waals surface area contributed by atoms with Crippen LogP contribution in [0.3, 0.4) is 0 Å². The predicted molar refractivity (Wildman–Crippen MR) is 83.9 cm³/mol. The molecule has 0 radical (unpaired) electrons. The number of halogens is 7. The quantitative estimate of drug-likeness (QED) is 0.406. The Hall–Kier alpha value is 0.250. The molecule has 1 heterocycles. The Kier molecular flexibility index (Phi) is 5.12. The van der Waals surface area contributed by atoms with Crippen molar-refractivity contribution in [2.75, 3.05) is 0 Å². The molecule has 0 aliphatic heterocycles. The van der Waals surface area contributed by atoms with E-state index in [1.54, 1.807) is 6.07 Å². The van der Waals surface area contributed by atoms with Crippen LogP contribution < -0.4 is 0 Å². The summed E-state index contributed by atoms with van der Waals surface area (Å²) in [7, 11) is 0. The van der Waals surface area contributed by atoms with Gasteiger partial charge in [0.05, 0.1) is 10.9 Å². The second-order valence-corrected chi connectivity index (χ2v) is 7.75. The predicted octanol–water partition coefficient (Wildman–Crippen LogP) is 7.27. The molecule has 0 aliphatic rings. The van der Waals surface area contributed by atoms with E-state index in [2.05, 4.69) is 31.9 Å². The van der Waals surface area contributed by atoms with E-state index >= 15 is 0 Å². The van der Waals surface area contributed by atoms with Crippen molar-refractivity contribution < 1.29 is 13.2 Å². The minimum Gasteiger partial charge on any atom is -0.166 e. The summed E-state index contributed by atoms with van der Waals surface area (Å²) in [5, 5.41) is -0.909. The van der Waals surface area contributed by atoms with Crippen LogP contribution in [0.2, 0.25) is 4.34 Å². The fourth-order valence-electron chi connectivity index (χ4n) is 1.64. The second-order valence-electron chi connectivity index (χ2n) is 3.86. The van der Waals surface area contributed by atoms with E-state index in [4.69, 9.17) is 23.2 Å². The normalized spacial score (nSPS) is 13.6. The van der Waals surface area contributed by atoms with Gasteiger partial charge in [0.15, 0.2) is 0 Å². The smallest absolute Gasteiger partial charge is 0.166 e. The lowest BCUT2D eigenvalue weighted by Gasteiger charge is -2.16. The largest absolute Gasteiger partial charge is 0.416 e. The van der Waals surface area contributed by atoms with Gasteiger partial charge in [-0.05, 0) is 39.7 Å². The van der Waals surface area contributed by atoms with Crippen molar-refractivity contribution in [3.8, 4) is 0 Å². The molecule has 1 aromatic heterocycles. The van der Waals surface area contributed by atoms with E-state index < -0.39 is 17.1 Å². The lowest BCUT2D eigenvalue weighted by molar-refractivity contribution is -0.138. The Balaban J connectivity index is 2.52. The molecule has 0 amide bonds. The lowest BCUT2D eigenvalue weighted by Crippen LogP contribution is -2.10. The second kappa shape index (κ2) is 6.16. The number of hydrogen-bond donors (Lipinski definition) is 0. The molecule has 0 spiro atoms. The van der Waals surface area contributed by atoms with Gasteiger partial charge in [-0.2, -0.15) is 13.2 Å². The standard InChI is InChI=1S/C12H5Br2Cl2F3S/c13-5-1-2-6(7(3-5)12(17,18)19)10(15)9-4-8(14)11(16)20-9/h1-4,10H. The Labute approximate surface area is 144 Å². The maximum Gasteiger partial charge on any atom is 0.416 e. The van der Waals surface area contributed by atoms with E-state index in [0.29, 0.717) is 18.2 Å². The third kappa shape index (κ3) is 3.53. The van der Waals surface area contributed by atoms with E-state index in [1.165, 1.54) is 12.1 Å². The molecule has 2 aromatic rings. The van der Waals surface area contributed by atoms with Crippen LogP contribution in [0.15, 0.2) is 33.2 Å². The summed E-state index contributed by atoms with van der Waals surface area (Å²) in [5.74, 6) is 0. The van der Waals surface area contributed by atoms with Gasteiger partial charge in [0.1, 0.15) is 4.34 Å². The molecule has 1 unspecified atom stereocenters. The van der Waals surface area contributed by atoms with E-state index in [9.17, 15) is 13.2 Å². The van der Waals surface area contributed by atoms with Crippen molar-refractivity contribution in [3.05, 3.63) is 53.6 Å². The molecule has 0 saturated carbocycles. The van der Waals surface area contributed by atoms with Crippen molar-refractivity contribution >= 4 is 66.4 Å². The highest BCUT2D eigenvalue weighted by molar-refractivity contribution is 9.10. The van der Waals surface area contributed by atoms with Gasteiger partial charge < -0.3 is 0 Å².